The van der Waals surface area contributed by atoms with Crippen LogP contribution in [-0.4, -0.2) is 51.7 Å². The number of hydrogen-bond acceptors (Lipinski definition) is 1. The van der Waals surface area contributed by atoms with Crippen LogP contribution in [0, 0.1) is 6.92 Å². The number of nitrogens with zero attached hydrogens (tertiary/aromatic N) is 1. The monoisotopic (exact) mass is 329 g/mol. The minimum Gasteiger partial charge on any atom is -0.337 e. The van der Waals surface area contributed by atoms with Crippen LogP contribution in [0.5, 0.6) is 0 Å². The van der Waals surface area contributed by atoms with Gasteiger partial charge in [-0.1, -0.05) is 17.7 Å². The fourth-order valence-corrected chi connectivity index (χ4v) is 5.05. The number of amides is 1. The number of carbonyl (C=O) groups is 1. The van der Waals surface area contributed by atoms with Crippen molar-refractivity contribution in [1.29, 1.82) is 0 Å². The van der Waals surface area contributed by atoms with Crippen LogP contribution in [0.3, 0.4) is 0 Å². The SMILES string of the molecule is Cc1ccc2c(c1)[C@@H]1C[NH+](C)CC[C@@H]1N2C(=O)C[NH+]1CCCCC1. The van der Waals surface area contributed by atoms with Gasteiger partial charge in [0.25, 0.3) is 5.91 Å². The summed E-state index contributed by atoms with van der Waals surface area (Å²) in [5.41, 5.74) is 3.93. The van der Waals surface area contributed by atoms with Crippen LogP contribution in [0.25, 0.3) is 0 Å². The molecule has 0 bridgehead atoms. The molecule has 0 spiro atoms. The van der Waals surface area contributed by atoms with Crippen LogP contribution < -0.4 is 14.7 Å². The molecule has 1 unspecified atom stereocenters. The van der Waals surface area contributed by atoms with E-state index in [1.54, 1.807) is 4.90 Å². The minimum atomic E-state index is 0.351. The third kappa shape index (κ3) is 2.86. The molecular formula is C20H31N3O+2. The summed E-state index contributed by atoms with van der Waals surface area (Å²) in [6.07, 6.45) is 5.02. The number of piperidine rings is 2. The van der Waals surface area contributed by atoms with Crippen molar-refractivity contribution >= 4 is 11.6 Å². The smallest absolute Gasteiger partial charge is 0.282 e. The number of hydrogen-bond donors (Lipinski definition) is 2. The zero-order valence-corrected chi connectivity index (χ0v) is 15.1. The molecule has 0 aromatic heterocycles. The topological polar surface area (TPSA) is 29.2 Å². The van der Waals surface area contributed by atoms with Gasteiger partial charge in [-0.25, -0.2) is 0 Å². The third-order valence-electron chi connectivity index (χ3n) is 6.30. The van der Waals surface area contributed by atoms with Gasteiger partial charge >= 0.3 is 0 Å². The highest BCUT2D eigenvalue weighted by molar-refractivity contribution is 5.97. The highest BCUT2D eigenvalue weighted by Gasteiger charge is 2.46. The summed E-state index contributed by atoms with van der Waals surface area (Å²) in [4.78, 5) is 18.5. The van der Waals surface area contributed by atoms with Crippen LogP contribution in [0.2, 0.25) is 0 Å². The summed E-state index contributed by atoms with van der Waals surface area (Å²) in [7, 11) is 2.29. The summed E-state index contributed by atoms with van der Waals surface area (Å²) < 4.78 is 0. The van der Waals surface area contributed by atoms with Crippen molar-refractivity contribution in [2.75, 3.05) is 44.7 Å². The van der Waals surface area contributed by atoms with Gasteiger partial charge in [0.2, 0.25) is 0 Å². The molecule has 4 heteroatoms. The van der Waals surface area contributed by atoms with E-state index in [0.29, 0.717) is 24.4 Å². The molecule has 4 nitrogen and oxygen atoms in total. The van der Waals surface area contributed by atoms with Crippen molar-refractivity contribution in [3.63, 3.8) is 0 Å². The van der Waals surface area contributed by atoms with E-state index in [4.69, 9.17) is 0 Å². The van der Waals surface area contributed by atoms with Crippen molar-refractivity contribution in [2.24, 2.45) is 0 Å². The second kappa shape index (κ2) is 6.49. The largest absolute Gasteiger partial charge is 0.337 e. The van der Waals surface area contributed by atoms with Gasteiger partial charge in [0.1, 0.15) is 0 Å². The lowest BCUT2D eigenvalue weighted by molar-refractivity contribution is -0.896. The van der Waals surface area contributed by atoms with Crippen molar-refractivity contribution in [2.45, 2.75) is 44.6 Å². The Morgan fingerprint density at radius 3 is 2.79 bits per heavy atom. The lowest BCUT2D eigenvalue weighted by Crippen LogP contribution is -3.14. The number of fused-ring (bicyclic) bond motifs is 3. The van der Waals surface area contributed by atoms with Crippen LogP contribution >= 0.6 is 0 Å². The lowest BCUT2D eigenvalue weighted by atomic mass is 9.89. The first kappa shape index (κ1) is 16.1. The molecule has 0 radical (unpaired) electrons. The van der Waals surface area contributed by atoms with Crippen LogP contribution in [0.4, 0.5) is 5.69 Å². The summed E-state index contributed by atoms with van der Waals surface area (Å²) in [6, 6.07) is 7.08. The standard InChI is InChI=1S/C20H29N3O/c1-15-6-7-18-16(12-15)17-13-21(2)11-8-19(17)23(18)20(24)14-22-9-4-3-5-10-22/h6-7,12,17,19H,3-5,8-11,13-14H2,1-2H3/p+2/t17-,19-/m0/s1. The van der Waals surface area contributed by atoms with E-state index < -0.39 is 0 Å². The molecule has 2 saturated heterocycles. The van der Waals surface area contributed by atoms with Gasteiger partial charge in [-0.3, -0.25) is 4.79 Å². The number of anilines is 1. The maximum absolute atomic E-state index is 13.2. The van der Waals surface area contributed by atoms with E-state index in [9.17, 15) is 4.79 Å². The molecule has 2 N–H and O–H groups in total. The Balaban J connectivity index is 1.60. The molecule has 1 aromatic carbocycles. The van der Waals surface area contributed by atoms with Gasteiger partial charge in [0.15, 0.2) is 6.54 Å². The zero-order valence-electron chi connectivity index (χ0n) is 15.1. The third-order valence-corrected chi connectivity index (χ3v) is 6.30. The molecule has 2 fully saturated rings. The molecule has 3 aliphatic heterocycles. The first-order valence-corrected chi connectivity index (χ1v) is 9.71. The van der Waals surface area contributed by atoms with Crippen molar-refractivity contribution in [3.05, 3.63) is 29.3 Å². The Morgan fingerprint density at radius 2 is 2.00 bits per heavy atom. The Labute approximate surface area is 145 Å². The van der Waals surface area contributed by atoms with Crippen molar-refractivity contribution < 1.29 is 14.6 Å². The molecule has 1 amide bonds. The molecule has 3 aliphatic rings. The van der Waals surface area contributed by atoms with E-state index in [2.05, 4.69) is 37.1 Å². The summed E-state index contributed by atoms with van der Waals surface area (Å²) in [5.74, 6) is 0.873. The summed E-state index contributed by atoms with van der Waals surface area (Å²) >= 11 is 0. The number of benzene rings is 1. The van der Waals surface area contributed by atoms with Gasteiger partial charge < -0.3 is 14.7 Å². The Hall–Kier alpha value is -1.39. The second-order valence-corrected chi connectivity index (χ2v) is 8.19. The van der Waals surface area contributed by atoms with Gasteiger partial charge in [0, 0.05) is 12.1 Å². The quantitative estimate of drug-likeness (QED) is 0.772. The van der Waals surface area contributed by atoms with E-state index in [1.807, 2.05) is 0 Å². The van der Waals surface area contributed by atoms with E-state index in [0.717, 1.165) is 13.0 Å². The maximum atomic E-state index is 13.2. The molecular weight excluding hydrogens is 298 g/mol. The van der Waals surface area contributed by atoms with E-state index in [-0.39, 0.29) is 0 Å². The Kier molecular flexibility index (Phi) is 4.35. The fraction of sp³-hybridized carbons (Fsp3) is 0.650. The van der Waals surface area contributed by atoms with Gasteiger partial charge in [-0.15, -0.1) is 0 Å². The zero-order chi connectivity index (χ0) is 16.7. The number of aryl methyl sites for hydroxylation is 1. The predicted octanol–water partition coefficient (Wildman–Crippen LogP) is -0.219. The predicted molar refractivity (Wildman–Crippen MR) is 95.8 cm³/mol. The van der Waals surface area contributed by atoms with Crippen molar-refractivity contribution in [3.8, 4) is 0 Å². The van der Waals surface area contributed by atoms with E-state index in [1.165, 1.54) is 60.6 Å². The highest BCUT2D eigenvalue weighted by atomic mass is 16.2. The lowest BCUT2D eigenvalue weighted by Gasteiger charge is -2.35. The molecule has 3 heterocycles. The van der Waals surface area contributed by atoms with Crippen LogP contribution in [0.1, 0.15) is 42.7 Å². The number of nitrogens with one attached hydrogen (secondary N) is 2. The number of carbonyl (C=O) groups excluding carboxylic acids is 1. The van der Waals surface area contributed by atoms with Crippen LogP contribution in [-0.2, 0) is 4.79 Å². The normalized spacial score (nSPS) is 30.1. The number of quaternary nitrogens is 2. The fourth-order valence-electron chi connectivity index (χ4n) is 5.05. The molecule has 1 aromatic rings. The average Bonchev–Trinajstić information content (AvgIpc) is 2.89. The highest BCUT2D eigenvalue weighted by Crippen LogP contribution is 2.42. The summed E-state index contributed by atoms with van der Waals surface area (Å²) in [6.45, 7) is 7.51. The average molecular weight is 329 g/mol. The molecule has 0 aliphatic carbocycles. The number of rotatable bonds is 2. The maximum Gasteiger partial charge on any atom is 0.282 e. The first-order valence-electron chi connectivity index (χ1n) is 9.71. The van der Waals surface area contributed by atoms with Crippen LogP contribution in [0.15, 0.2) is 18.2 Å². The number of likely N-dealkylation sites (tertiary alicyclic amines) is 2. The number of likely N-dealkylation sites (N-methyl/N-ethyl adjacent to an activating group) is 1. The van der Waals surface area contributed by atoms with Gasteiger partial charge in [0.05, 0.1) is 45.2 Å². The summed E-state index contributed by atoms with van der Waals surface area (Å²) in [5, 5.41) is 0. The van der Waals surface area contributed by atoms with Gasteiger partial charge in [-0.05, 0) is 37.8 Å². The minimum absolute atomic E-state index is 0.351. The van der Waals surface area contributed by atoms with Crippen molar-refractivity contribution in [1.82, 2.24) is 0 Å². The van der Waals surface area contributed by atoms with Gasteiger partial charge in [-0.2, -0.15) is 0 Å². The molecule has 24 heavy (non-hydrogen) atoms. The molecule has 130 valence electrons. The second-order valence-electron chi connectivity index (χ2n) is 8.19. The Bertz CT molecular complexity index is 623. The molecule has 4 rings (SSSR count). The molecule has 3 atom stereocenters. The Morgan fingerprint density at radius 1 is 1.21 bits per heavy atom. The van der Waals surface area contributed by atoms with E-state index >= 15 is 0 Å². The molecule has 0 saturated carbocycles. The first-order chi connectivity index (χ1) is 11.6.